The molecule has 10 heteroatoms. The molecule has 2 aromatic rings. The average molecular weight is 420 g/mol. The van der Waals surface area contributed by atoms with Gasteiger partial charge in [0.05, 0.1) is 25.5 Å². The van der Waals surface area contributed by atoms with Crippen LogP contribution in [0.25, 0.3) is 11.3 Å². The van der Waals surface area contributed by atoms with Crippen molar-refractivity contribution >= 4 is 5.91 Å². The van der Waals surface area contributed by atoms with Crippen LogP contribution in [0.5, 0.6) is 11.5 Å². The molecule has 3 rings (SSSR count). The number of carbonyl (C=O) groups is 1. The highest BCUT2D eigenvalue weighted by Crippen LogP contribution is 2.34. The van der Waals surface area contributed by atoms with E-state index in [1.54, 1.807) is 18.4 Å². The van der Waals surface area contributed by atoms with Crippen molar-refractivity contribution in [1.29, 1.82) is 0 Å². The van der Waals surface area contributed by atoms with E-state index in [1.807, 2.05) is 11.9 Å². The number of hydrogen-bond acceptors (Lipinski definition) is 6. The summed E-state index contributed by atoms with van der Waals surface area (Å²) in [5.74, 6) is -1.30. The van der Waals surface area contributed by atoms with E-state index in [1.165, 1.54) is 32.4 Å². The van der Waals surface area contributed by atoms with Gasteiger partial charge in [0.2, 0.25) is 5.82 Å². The molecular weight excluding hydrogens is 401 g/mol. The summed E-state index contributed by atoms with van der Waals surface area (Å²) in [6.07, 6.45) is 1.34. The van der Waals surface area contributed by atoms with E-state index in [-0.39, 0.29) is 22.6 Å². The summed E-state index contributed by atoms with van der Waals surface area (Å²) in [7, 11) is 4.70. The third-order valence-corrected chi connectivity index (χ3v) is 4.31. The van der Waals surface area contributed by atoms with Gasteiger partial charge in [0.15, 0.2) is 11.5 Å². The molecule has 0 saturated carbocycles. The second kappa shape index (κ2) is 8.44. The van der Waals surface area contributed by atoms with Gasteiger partial charge in [-0.05, 0) is 30.4 Å². The van der Waals surface area contributed by atoms with Crippen molar-refractivity contribution in [3.63, 3.8) is 0 Å². The van der Waals surface area contributed by atoms with E-state index in [9.17, 15) is 18.0 Å². The van der Waals surface area contributed by atoms with Crippen LogP contribution in [0, 0.1) is 0 Å². The van der Waals surface area contributed by atoms with Crippen molar-refractivity contribution in [2.24, 2.45) is 0 Å². The summed E-state index contributed by atoms with van der Waals surface area (Å²) < 4.78 is 50.0. The molecule has 1 aromatic heterocycles. The maximum Gasteiger partial charge on any atom is 0.451 e. The van der Waals surface area contributed by atoms with E-state index >= 15 is 0 Å². The Morgan fingerprint density at radius 1 is 1.20 bits per heavy atom. The van der Waals surface area contributed by atoms with Crippen molar-refractivity contribution in [1.82, 2.24) is 20.2 Å². The maximum absolute atomic E-state index is 13.2. The topological polar surface area (TPSA) is 76.6 Å². The first-order valence-electron chi connectivity index (χ1n) is 8.79. The molecule has 0 radical (unpaired) electrons. The molecule has 30 heavy (non-hydrogen) atoms. The SMILES string of the molecule is COc1ccc(-c2nc(C(F)(F)F)ncc2C(=O)NC2=CCN(C)C=C2)cc1OC. The molecule has 7 nitrogen and oxygen atoms in total. The lowest BCUT2D eigenvalue weighted by molar-refractivity contribution is -0.144. The summed E-state index contributed by atoms with van der Waals surface area (Å²) in [5.41, 5.74) is 0.492. The molecule has 0 fully saturated rings. The van der Waals surface area contributed by atoms with Crippen LogP contribution in [-0.4, -0.2) is 48.6 Å². The van der Waals surface area contributed by atoms with Crippen molar-refractivity contribution in [3.05, 3.63) is 59.8 Å². The fourth-order valence-electron chi connectivity index (χ4n) is 2.76. The Labute approximate surface area is 170 Å². The first kappa shape index (κ1) is 21.2. The highest BCUT2D eigenvalue weighted by atomic mass is 19.4. The van der Waals surface area contributed by atoms with Gasteiger partial charge in [-0.25, -0.2) is 9.97 Å². The zero-order valence-electron chi connectivity index (χ0n) is 16.4. The van der Waals surface area contributed by atoms with Crippen LogP contribution in [0.2, 0.25) is 0 Å². The van der Waals surface area contributed by atoms with Gasteiger partial charge in [-0.3, -0.25) is 4.79 Å². The number of rotatable bonds is 5. The first-order valence-corrected chi connectivity index (χ1v) is 8.79. The lowest BCUT2D eigenvalue weighted by Gasteiger charge is -2.18. The second-order valence-corrected chi connectivity index (χ2v) is 6.39. The molecule has 0 atom stereocenters. The molecule has 1 N–H and O–H groups in total. The highest BCUT2D eigenvalue weighted by Gasteiger charge is 2.36. The van der Waals surface area contributed by atoms with Gasteiger partial charge < -0.3 is 19.7 Å². The van der Waals surface area contributed by atoms with Crippen molar-refractivity contribution in [2.45, 2.75) is 6.18 Å². The monoisotopic (exact) mass is 420 g/mol. The molecule has 0 bridgehead atoms. The number of nitrogens with zero attached hydrogens (tertiary/aromatic N) is 3. The third-order valence-electron chi connectivity index (χ3n) is 4.31. The Hall–Kier alpha value is -3.56. The zero-order chi connectivity index (χ0) is 21.9. The van der Waals surface area contributed by atoms with Gasteiger partial charge in [0.1, 0.15) is 0 Å². The van der Waals surface area contributed by atoms with Gasteiger partial charge in [0, 0.05) is 37.2 Å². The Morgan fingerprint density at radius 2 is 1.93 bits per heavy atom. The molecule has 2 heterocycles. The Kier molecular flexibility index (Phi) is 5.95. The zero-order valence-corrected chi connectivity index (χ0v) is 16.4. The molecular formula is C20H19F3N4O3. The van der Waals surface area contributed by atoms with Crippen LogP contribution in [0.4, 0.5) is 13.2 Å². The van der Waals surface area contributed by atoms with Crippen LogP contribution >= 0.6 is 0 Å². The van der Waals surface area contributed by atoms with Crippen LogP contribution in [0.1, 0.15) is 16.2 Å². The van der Waals surface area contributed by atoms with Gasteiger partial charge in [0.25, 0.3) is 5.91 Å². The molecule has 0 saturated heterocycles. The predicted molar refractivity (Wildman–Crippen MR) is 103 cm³/mol. The fraction of sp³-hybridized carbons (Fsp3) is 0.250. The standard InChI is InChI=1S/C20H19F3N4O3/c1-27-8-6-13(7-9-27)25-18(28)14-11-24-19(20(21,22)23)26-17(14)12-4-5-15(29-2)16(10-12)30-3/h4-8,10-11H,9H2,1-3H3,(H,25,28). The van der Waals surface area contributed by atoms with Gasteiger partial charge >= 0.3 is 6.18 Å². The molecule has 1 aromatic carbocycles. The second-order valence-electron chi connectivity index (χ2n) is 6.39. The number of hydrogen-bond donors (Lipinski definition) is 1. The smallest absolute Gasteiger partial charge is 0.451 e. The summed E-state index contributed by atoms with van der Waals surface area (Å²) >= 11 is 0. The van der Waals surface area contributed by atoms with Crippen molar-refractivity contribution in [2.75, 3.05) is 27.8 Å². The van der Waals surface area contributed by atoms with E-state index in [2.05, 4.69) is 15.3 Å². The van der Waals surface area contributed by atoms with Crippen LogP contribution in [-0.2, 0) is 6.18 Å². The van der Waals surface area contributed by atoms with Gasteiger partial charge in [-0.1, -0.05) is 0 Å². The van der Waals surface area contributed by atoms with E-state index in [0.717, 1.165) is 6.20 Å². The lowest BCUT2D eigenvalue weighted by Crippen LogP contribution is -2.27. The number of amides is 1. The maximum atomic E-state index is 13.2. The first-order chi connectivity index (χ1) is 14.2. The highest BCUT2D eigenvalue weighted by molar-refractivity contribution is 6.00. The molecule has 1 aliphatic rings. The fourth-order valence-corrected chi connectivity index (χ4v) is 2.76. The molecule has 0 spiro atoms. The number of alkyl halides is 3. The molecule has 1 aliphatic heterocycles. The summed E-state index contributed by atoms with van der Waals surface area (Å²) in [5, 5.41) is 2.67. The normalized spacial score (nSPS) is 13.7. The number of nitrogens with one attached hydrogen (secondary N) is 1. The molecule has 0 aliphatic carbocycles. The summed E-state index contributed by atoms with van der Waals surface area (Å²) in [6.45, 7) is 0.582. The Bertz CT molecular complexity index is 1020. The summed E-state index contributed by atoms with van der Waals surface area (Å²) in [6, 6.07) is 4.47. The quantitative estimate of drug-likeness (QED) is 0.800. The number of benzene rings is 1. The van der Waals surface area contributed by atoms with Crippen LogP contribution in [0.15, 0.2) is 48.4 Å². The van der Waals surface area contributed by atoms with Crippen LogP contribution in [0.3, 0.4) is 0 Å². The Morgan fingerprint density at radius 3 is 2.53 bits per heavy atom. The minimum atomic E-state index is -4.76. The Balaban J connectivity index is 2.05. The molecule has 0 unspecified atom stereocenters. The number of halogens is 3. The number of carbonyl (C=O) groups excluding carboxylic acids is 1. The van der Waals surface area contributed by atoms with Gasteiger partial charge in [-0.15, -0.1) is 0 Å². The van der Waals surface area contributed by atoms with E-state index in [0.29, 0.717) is 18.0 Å². The number of allylic oxidation sites excluding steroid dienone is 1. The molecule has 158 valence electrons. The van der Waals surface area contributed by atoms with Crippen LogP contribution < -0.4 is 14.8 Å². The minimum Gasteiger partial charge on any atom is -0.493 e. The van der Waals surface area contributed by atoms with E-state index in [4.69, 9.17) is 9.47 Å². The van der Waals surface area contributed by atoms with Crippen molar-refractivity contribution < 1.29 is 27.4 Å². The predicted octanol–water partition coefficient (Wildman–Crippen LogP) is 3.25. The van der Waals surface area contributed by atoms with E-state index < -0.39 is 17.9 Å². The number of aromatic nitrogens is 2. The van der Waals surface area contributed by atoms with Crippen molar-refractivity contribution in [3.8, 4) is 22.8 Å². The number of ether oxygens (including phenoxy) is 2. The largest absolute Gasteiger partial charge is 0.493 e. The molecule has 1 amide bonds. The number of likely N-dealkylation sites (N-methyl/N-ethyl adjacent to an activating group) is 1. The minimum absolute atomic E-state index is 0.108. The van der Waals surface area contributed by atoms with Gasteiger partial charge in [-0.2, -0.15) is 13.2 Å². The summed E-state index contributed by atoms with van der Waals surface area (Å²) in [4.78, 5) is 21.7. The number of methoxy groups -OCH3 is 2. The lowest BCUT2D eigenvalue weighted by atomic mass is 10.1. The third kappa shape index (κ3) is 4.53. The average Bonchev–Trinajstić information content (AvgIpc) is 2.73.